The highest BCUT2D eigenvalue weighted by atomic mass is 16.5. The lowest BCUT2D eigenvalue weighted by atomic mass is 10.2. The van der Waals surface area contributed by atoms with E-state index >= 15 is 0 Å². The number of nitrogens with zero attached hydrogens (tertiary/aromatic N) is 1. The first kappa shape index (κ1) is 12.4. The predicted molar refractivity (Wildman–Crippen MR) is 58.0 cm³/mol. The van der Waals surface area contributed by atoms with Gasteiger partial charge >= 0.3 is 5.97 Å². The molecule has 0 bridgehead atoms. The van der Waals surface area contributed by atoms with E-state index in [0.29, 0.717) is 0 Å². The molecule has 1 atom stereocenters. The molecule has 0 fully saturated rings. The van der Waals surface area contributed by atoms with E-state index in [9.17, 15) is 14.7 Å². The maximum absolute atomic E-state index is 11.3. The molecule has 5 nitrogen and oxygen atoms in total. The summed E-state index contributed by atoms with van der Waals surface area (Å²) in [5.41, 5.74) is -0.203. The van der Waals surface area contributed by atoms with Crippen LogP contribution in [0.3, 0.4) is 0 Å². The minimum atomic E-state index is -0.904. The molecule has 0 amide bonds. The Kier molecular flexibility index (Phi) is 4.72. The number of aliphatic hydroxyl groups is 1. The average molecular weight is 225 g/mol. The quantitative estimate of drug-likeness (QED) is 0.725. The van der Waals surface area contributed by atoms with Gasteiger partial charge < -0.3 is 14.4 Å². The number of aromatic nitrogens is 1. The molecule has 1 rings (SSSR count). The van der Waals surface area contributed by atoms with Crippen LogP contribution in [0.4, 0.5) is 0 Å². The Hall–Kier alpha value is -1.62. The van der Waals surface area contributed by atoms with E-state index < -0.39 is 12.1 Å². The summed E-state index contributed by atoms with van der Waals surface area (Å²) in [4.78, 5) is 22.4. The third-order valence-electron chi connectivity index (χ3n) is 2.01. The molecule has 1 N–H and O–H groups in total. The number of pyridine rings is 1. The fourth-order valence-electron chi connectivity index (χ4n) is 1.32. The van der Waals surface area contributed by atoms with Crippen LogP contribution in [0.1, 0.15) is 13.3 Å². The Balaban J connectivity index is 2.52. The molecule has 0 aliphatic heterocycles. The van der Waals surface area contributed by atoms with Gasteiger partial charge in [-0.05, 0) is 13.0 Å². The van der Waals surface area contributed by atoms with E-state index in [-0.39, 0.29) is 25.1 Å². The molecule has 1 heterocycles. The van der Waals surface area contributed by atoms with Crippen LogP contribution in [0.15, 0.2) is 29.2 Å². The van der Waals surface area contributed by atoms with E-state index in [4.69, 9.17) is 4.74 Å². The van der Waals surface area contributed by atoms with E-state index in [1.165, 1.54) is 10.6 Å². The van der Waals surface area contributed by atoms with Gasteiger partial charge in [-0.25, -0.2) is 0 Å². The number of carbonyl (C=O) groups is 1. The van der Waals surface area contributed by atoms with Crippen molar-refractivity contribution in [2.24, 2.45) is 0 Å². The van der Waals surface area contributed by atoms with Crippen LogP contribution in [0.5, 0.6) is 0 Å². The number of hydrogen-bond acceptors (Lipinski definition) is 4. The molecule has 5 heteroatoms. The third kappa shape index (κ3) is 3.86. The Bertz CT molecular complexity index is 399. The highest BCUT2D eigenvalue weighted by Crippen LogP contribution is 1.97. The molecule has 0 saturated carbocycles. The summed E-state index contributed by atoms with van der Waals surface area (Å²) in [6.07, 6.45) is 0.561. The fraction of sp³-hybridized carbons (Fsp3) is 0.455. The van der Waals surface area contributed by atoms with E-state index in [0.717, 1.165) is 0 Å². The summed E-state index contributed by atoms with van der Waals surface area (Å²) in [7, 11) is 0. The molecule has 0 radical (unpaired) electrons. The lowest BCUT2D eigenvalue weighted by Crippen LogP contribution is -2.27. The van der Waals surface area contributed by atoms with Gasteiger partial charge in [-0.2, -0.15) is 0 Å². The smallest absolute Gasteiger partial charge is 0.308 e. The summed E-state index contributed by atoms with van der Waals surface area (Å²) in [5, 5.41) is 9.56. The lowest BCUT2D eigenvalue weighted by Gasteiger charge is -2.11. The van der Waals surface area contributed by atoms with Gasteiger partial charge in [-0.15, -0.1) is 0 Å². The summed E-state index contributed by atoms with van der Waals surface area (Å²) in [6.45, 7) is 2.08. The van der Waals surface area contributed by atoms with E-state index in [1.54, 1.807) is 25.3 Å². The van der Waals surface area contributed by atoms with Crippen LogP contribution < -0.4 is 5.56 Å². The molecule has 0 aliphatic carbocycles. The van der Waals surface area contributed by atoms with E-state index in [2.05, 4.69) is 0 Å². The first-order valence-corrected chi connectivity index (χ1v) is 5.12. The second kappa shape index (κ2) is 6.07. The monoisotopic (exact) mass is 225 g/mol. The van der Waals surface area contributed by atoms with Gasteiger partial charge in [0.25, 0.3) is 5.56 Å². The van der Waals surface area contributed by atoms with Crippen molar-refractivity contribution in [2.45, 2.75) is 26.0 Å². The number of ether oxygens (including phenoxy) is 1. The normalized spacial score (nSPS) is 12.1. The molecule has 16 heavy (non-hydrogen) atoms. The molecule has 0 spiro atoms. The standard InChI is InChI=1S/C11H15NO4/c1-2-16-11(15)7-9(13)8-12-6-4-3-5-10(12)14/h3-6,9,13H,2,7-8H2,1H3. The minimum Gasteiger partial charge on any atom is -0.466 e. The fourth-order valence-corrected chi connectivity index (χ4v) is 1.32. The van der Waals surface area contributed by atoms with Crippen LogP contribution in [0.2, 0.25) is 0 Å². The minimum absolute atomic E-state index is 0.0957. The van der Waals surface area contributed by atoms with Crippen molar-refractivity contribution >= 4 is 5.97 Å². The topological polar surface area (TPSA) is 68.5 Å². The number of aliphatic hydroxyl groups excluding tert-OH is 1. The largest absolute Gasteiger partial charge is 0.466 e. The molecule has 1 aromatic heterocycles. The zero-order chi connectivity index (χ0) is 12.0. The number of hydrogen-bond donors (Lipinski definition) is 1. The van der Waals surface area contributed by atoms with Gasteiger partial charge in [0.15, 0.2) is 0 Å². The van der Waals surface area contributed by atoms with Crippen molar-refractivity contribution in [3.8, 4) is 0 Å². The Labute approximate surface area is 93.3 Å². The SMILES string of the molecule is CCOC(=O)CC(O)Cn1ccccc1=O. The van der Waals surface area contributed by atoms with Gasteiger partial charge in [0.1, 0.15) is 0 Å². The first-order chi connectivity index (χ1) is 7.63. The predicted octanol–water partition coefficient (Wildman–Crippen LogP) is 0.162. The first-order valence-electron chi connectivity index (χ1n) is 5.12. The summed E-state index contributed by atoms with van der Waals surface area (Å²) in [6, 6.07) is 4.71. The van der Waals surface area contributed by atoms with Crippen molar-refractivity contribution in [3.63, 3.8) is 0 Å². The van der Waals surface area contributed by atoms with Crippen LogP contribution >= 0.6 is 0 Å². The Morgan fingerprint density at radius 3 is 2.94 bits per heavy atom. The van der Waals surface area contributed by atoms with Crippen molar-refractivity contribution in [2.75, 3.05) is 6.61 Å². The highest BCUT2D eigenvalue weighted by Gasteiger charge is 2.12. The molecule has 0 aliphatic rings. The molecular formula is C11H15NO4. The maximum Gasteiger partial charge on any atom is 0.308 e. The van der Waals surface area contributed by atoms with Crippen LogP contribution in [0.25, 0.3) is 0 Å². The Morgan fingerprint density at radius 2 is 2.31 bits per heavy atom. The second-order valence-corrected chi connectivity index (χ2v) is 3.35. The molecular weight excluding hydrogens is 210 g/mol. The van der Waals surface area contributed by atoms with Crippen molar-refractivity contribution in [3.05, 3.63) is 34.7 Å². The van der Waals surface area contributed by atoms with Crippen LogP contribution in [-0.4, -0.2) is 28.4 Å². The summed E-state index contributed by atoms with van der Waals surface area (Å²) < 4.78 is 6.05. The lowest BCUT2D eigenvalue weighted by molar-refractivity contribution is -0.145. The molecule has 88 valence electrons. The number of esters is 1. The van der Waals surface area contributed by atoms with Gasteiger partial charge in [0.05, 0.1) is 25.7 Å². The molecule has 1 unspecified atom stereocenters. The molecule has 0 aromatic carbocycles. The van der Waals surface area contributed by atoms with Gasteiger partial charge in [0.2, 0.25) is 0 Å². The summed E-state index contributed by atoms with van der Waals surface area (Å²) in [5.74, 6) is -0.459. The van der Waals surface area contributed by atoms with Gasteiger partial charge in [0, 0.05) is 12.3 Å². The van der Waals surface area contributed by atoms with E-state index in [1.807, 2.05) is 0 Å². The third-order valence-corrected chi connectivity index (χ3v) is 2.01. The second-order valence-electron chi connectivity index (χ2n) is 3.35. The number of carbonyl (C=O) groups excluding carboxylic acids is 1. The Morgan fingerprint density at radius 1 is 1.56 bits per heavy atom. The zero-order valence-electron chi connectivity index (χ0n) is 9.13. The van der Waals surface area contributed by atoms with Gasteiger partial charge in [-0.3, -0.25) is 9.59 Å². The molecule has 1 aromatic rings. The zero-order valence-corrected chi connectivity index (χ0v) is 9.13. The van der Waals surface area contributed by atoms with Crippen molar-refractivity contribution < 1.29 is 14.6 Å². The van der Waals surface area contributed by atoms with Crippen LogP contribution in [-0.2, 0) is 16.1 Å². The number of rotatable bonds is 5. The van der Waals surface area contributed by atoms with Crippen molar-refractivity contribution in [1.29, 1.82) is 0 Å². The average Bonchev–Trinajstić information content (AvgIpc) is 2.21. The summed E-state index contributed by atoms with van der Waals surface area (Å²) >= 11 is 0. The van der Waals surface area contributed by atoms with Crippen molar-refractivity contribution in [1.82, 2.24) is 4.57 Å². The van der Waals surface area contributed by atoms with Crippen LogP contribution in [0, 0.1) is 0 Å². The molecule has 0 saturated heterocycles. The maximum atomic E-state index is 11.3. The highest BCUT2D eigenvalue weighted by molar-refractivity contribution is 5.69. The van der Waals surface area contributed by atoms with Gasteiger partial charge in [-0.1, -0.05) is 6.07 Å².